The molecule has 0 saturated heterocycles. The molecule has 1 aromatic carbocycles. The summed E-state index contributed by atoms with van der Waals surface area (Å²) in [4.78, 5) is 0. The van der Waals surface area contributed by atoms with E-state index in [-0.39, 0.29) is 0 Å². The fourth-order valence-corrected chi connectivity index (χ4v) is 2.35. The average molecular weight is 290 g/mol. The van der Waals surface area contributed by atoms with Crippen LogP contribution in [0.1, 0.15) is 23.9 Å². The number of ether oxygens (including phenoxy) is 2. The van der Waals surface area contributed by atoms with E-state index < -0.39 is 0 Å². The molecule has 1 heterocycles. The van der Waals surface area contributed by atoms with E-state index in [9.17, 15) is 0 Å². The van der Waals surface area contributed by atoms with E-state index in [4.69, 9.17) is 15.2 Å². The lowest BCUT2D eigenvalue weighted by molar-refractivity contribution is 0.354. The summed E-state index contributed by atoms with van der Waals surface area (Å²) in [5.74, 6) is 1.49. The summed E-state index contributed by atoms with van der Waals surface area (Å²) in [6, 6.07) is 5.97. The Morgan fingerprint density at radius 1 is 1.14 bits per heavy atom. The fourth-order valence-electron chi connectivity index (χ4n) is 2.35. The molecule has 0 bridgehead atoms. The molecule has 0 amide bonds. The Bertz CT molecular complexity index is 574. The van der Waals surface area contributed by atoms with Crippen LogP contribution in [0.2, 0.25) is 0 Å². The zero-order valence-electron chi connectivity index (χ0n) is 12.8. The van der Waals surface area contributed by atoms with Gasteiger partial charge in [0.15, 0.2) is 11.5 Å². The molecule has 1 aromatic heterocycles. The van der Waals surface area contributed by atoms with Crippen molar-refractivity contribution in [2.24, 2.45) is 5.73 Å². The first kappa shape index (κ1) is 15.3. The van der Waals surface area contributed by atoms with E-state index in [0.717, 1.165) is 42.3 Å². The summed E-state index contributed by atoms with van der Waals surface area (Å²) in [6.45, 7) is 3.27. The maximum Gasteiger partial charge on any atom is 0.160 e. The van der Waals surface area contributed by atoms with Gasteiger partial charge in [0.2, 0.25) is 0 Å². The topological polar surface area (TPSA) is 75.2 Å². The second-order valence-electron chi connectivity index (χ2n) is 4.69. The van der Waals surface area contributed by atoms with Crippen LogP contribution in [-0.2, 0) is 25.9 Å². The van der Waals surface area contributed by atoms with Crippen LogP contribution in [0.4, 0.5) is 0 Å². The third-order valence-corrected chi connectivity index (χ3v) is 3.51. The summed E-state index contributed by atoms with van der Waals surface area (Å²) in [7, 11) is 3.28. The number of aryl methyl sites for hydroxylation is 2. The number of hydrogen-bond acceptors (Lipinski definition) is 5. The molecule has 2 N–H and O–H groups in total. The molecule has 21 heavy (non-hydrogen) atoms. The minimum atomic E-state index is 0.418. The first-order chi connectivity index (χ1) is 10.2. The smallest absolute Gasteiger partial charge is 0.160 e. The van der Waals surface area contributed by atoms with Gasteiger partial charge in [-0.05, 0) is 37.5 Å². The fraction of sp³-hybridized carbons (Fsp3) is 0.467. The highest BCUT2D eigenvalue weighted by Crippen LogP contribution is 2.28. The molecule has 0 atom stereocenters. The largest absolute Gasteiger partial charge is 0.493 e. The molecule has 114 valence electrons. The molecule has 0 aliphatic rings. The SMILES string of the molecule is CCn1nnc(CN)c1CCc1ccc(OC)c(OC)c1. The van der Waals surface area contributed by atoms with Gasteiger partial charge in [-0.1, -0.05) is 11.3 Å². The Morgan fingerprint density at radius 2 is 1.90 bits per heavy atom. The predicted octanol–water partition coefficient (Wildman–Crippen LogP) is 1.56. The number of nitrogens with zero attached hydrogens (tertiary/aromatic N) is 3. The van der Waals surface area contributed by atoms with Crippen LogP contribution >= 0.6 is 0 Å². The van der Waals surface area contributed by atoms with Crippen LogP contribution in [0.5, 0.6) is 11.5 Å². The first-order valence-corrected chi connectivity index (χ1v) is 7.05. The Morgan fingerprint density at radius 3 is 2.52 bits per heavy atom. The molecule has 2 rings (SSSR count). The third-order valence-electron chi connectivity index (χ3n) is 3.51. The van der Waals surface area contributed by atoms with Crippen molar-refractivity contribution in [1.82, 2.24) is 15.0 Å². The first-order valence-electron chi connectivity index (χ1n) is 7.05. The summed E-state index contributed by atoms with van der Waals surface area (Å²) >= 11 is 0. The van der Waals surface area contributed by atoms with Gasteiger partial charge in [0.1, 0.15) is 0 Å². The van der Waals surface area contributed by atoms with Crippen molar-refractivity contribution in [3.63, 3.8) is 0 Å². The number of nitrogens with two attached hydrogens (primary N) is 1. The van der Waals surface area contributed by atoms with Gasteiger partial charge in [0.25, 0.3) is 0 Å². The number of hydrogen-bond donors (Lipinski definition) is 1. The predicted molar refractivity (Wildman–Crippen MR) is 80.5 cm³/mol. The minimum absolute atomic E-state index is 0.418. The van der Waals surface area contributed by atoms with E-state index in [1.54, 1.807) is 14.2 Å². The van der Waals surface area contributed by atoms with E-state index in [1.165, 1.54) is 5.56 Å². The summed E-state index contributed by atoms with van der Waals surface area (Å²) in [5.41, 5.74) is 8.88. The van der Waals surface area contributed by atoms with Crippen LogP contribution in [0.25, 0.3) is 0 Å². The zero-order chi connectivity index (χ0) is 15.2. The van der Waals surface area contributed by atoms with Crippen molar-refractivity contribution in [2.45, 2.75) is 32.9 Å². The van der Waals surface area contributed by atoms with Crippen molar-refractivity contribution in [3.05, 3.63) is 35.2 Å². The molecule has 6 nitrogen and oxygen atoms in total. The third kappa shape index (κ3) is 3.33. The van der Waals surface area contributed by atoms with Crippen molar-refractivity contribution in [3.8, 4) is 11.5 Å². The molecule has 6 heteroatoms. The Hall–Kier alpha value is -2.08. The van der Waals surface area contributed by atoms with Gasteiger partial charge >= 0.3 is 0 Å². The van der Waals surface area contributed by atoms with Crippen molar-refractivity contribution in [2.75, 3.05) is 14.2 Å². The monoisotopic (exact) mass is 290 g/mol. The van der Waals surface area contributed by atoms with Gasteiger partial charge in [-0.3, -0.25) is 0 Å². The molecule has 2 aromatic rings. The highest BCUT2D eigenvalue weighted by molar-refractivity contribution is 5.43. The Kier molecular flexibility index (Phi) is 5.16. The maximum absolute atomic E-state index is 5.72. The van der Waals surface area contributed by atoms with Crippen molar-refractivity contribution >= 4 is 0 Å². The van der Waals surface area contributed by atoms with Crippen LogP contribution in [0.3, 0.4) is 0 Å². The van der Waals surface area contributed by atoms with Gasteiger partial charge < -0.3 is 15.2 Å². The standard InChI is InChI=1S/C15H22N4O2/c1-4-19-13(12(10-16)17-18-19)7-5-11-6-8-14(20-2)15(9-11)21-3/h6,8-9H,4-5,7,10,16H2,1-3H3. The van der Waals surface area contributed by atoms with Crippen molar-refractivity contribution in [1.29, 1.82) is 0 Å². The lowest BCUT2D eigenvalue weighted by Gasteiger charge is -2.10. The normalized spacial score (nSPS) is 10.7. The van der Waals surface area contributed by atoms with Gasteiger partial charge in [-0.25, -0.2) is 4.68 Å². The molecule has 0 unspecified atom stereocenters. The summed E-state index contributed by atoms with van der Waals surface area (Å²) in [5, 5.41) is 8.24. The number of methoxy groups -OCH3 is 2. The minimum Gasteiger partial charge on any atom is -0.493 e. The van der Waals surface area contributed by atoms with Crippen LogP contribution in [0.15, 0.2) is 18.2 Å². The van der Waals surface area contributed by atoms with Gasteiger partial charge in [0.05, 0.1) is 25.6 Å². The highest BCUT2D eigenvalue weighted by atomic mass is 16.5. The lowest BCUT2D eigenvalue weighted by atomic mass is 10.1. The lowest BCUT2D eigenvalue weighted by Crippen LogP contribution is -2.08. The Balaban J connectivity index is 2.14. The van der Waals surface area contributed by atoms with Gasteiger partial charge in [-0.15, -0.1) is 5.10 Å². The second-order valence-corrected chi connectivity index (χ2v) is 4.69. The van der Waals surface area contributed by atoms with E-state index in [1.807, 2.05) is 22.9 Å². The van der Waals surface area contributed by atoms with Crippen LogP contribution < -0.4 is 15.2 Å². The average Bonchev–Trinajstić information content (AvgIpc) is 2.94. The Labute approximate surface area is 124 Å². The van der Waals surface area contributed by atoms with E-state index >= 15 is 0 Å². The van der Waals surface area contributed by atoms with Crippen molar-refractivity contribution < 1.29 is 9.47 Å². The van der Waals surface area contributed by atoms with Gasteiger partial charge in [0, 0.05) is 13.1 Å². The maximum atomic E-state index is 5.72. The summed E-state index contributed by atoms with van der Waals surface area (Å²) in [6.07, 6.45) is 1.73. The van der Waals surface area contributed by atoms with Crippen LogP contribution in [0, 0.1) is 0 Å². The number of rotatable bonds is 7. The molecule has 0 spiro atoms. The number of aromatic nitrogens is 3. The molecule has 0 fully saturated rings. The zero-order valence-corrected chi connectivity index (χ0v) is 12.8. The van der Waals surface area contributed by atoms with Crippen LogP contribution in [-0.4, -0.2) is 29.2 Å². The molecule has 0 radical (unpaired) electrons. The molecule has 0 aliphatic heterocycles. The van der Waals surface area contributed by atoms with E-state index in [0.29, 0.717) is 6.54 Å². The molecular weight excluding hydrogens is 268 g/mol. The summed E-state index contributed by atoms with van der Waals surface area (Å²) < 4.78 is 12.5. The quantitative estimate of drug-likeness (QED) is 0.837. The van der Waals surface area contributed by atoms with E-state index in [2.05, 4.69) is 17.2 Å². The molecule has 0 aliphatic carbocycles. The molecule has 0 saturated carbocycles. The second kappa shape index (κ2) is 7.08. The molecular formula is C15H22N4O2. The van der Waals surface area contributed by atoms with Gasteiger partial charge in [-0.2, -0.15) is 0 Å². The highest BCUT2D eigenvalue weighted by Gasteiger charge is 2.11. The number of benzene rings is 1.